The number of hydrogen-bond acceptors (Lipinski definition) is 4. The number of likely N-dealkylation sites (N-methyl/N-ethyl adjacent to an activating group) is 1. The van der Waals surface area contributed by atoms with Crippen LogP contribution in [0, 0.1) is 6.92 Å². The van der Waals surface area contributed by atoms with Crippen LogP contribution in [0.4, 0.5) is 5.69 Å². The van der Waals surface area contributed by atoms with E-state index >= 15 is 0 Å². The van der Waals surface area contributed by atoms with Crippen molar-refractivity contribution in [1.29, 1.82) is 0 Å². The van der Waals surface area contributed by atoms with Crippen molar-refractivity contribution in [1.82, 2.24) is 10.2 Å². The number of carbonyl (C=O) groups is 2. The molecule has 0 saturated heterocycles. The molecule has 1 atom stereocenters. The molecule has 0 fully saturated rings. The van der Waals surface area contributed by atoms with Crippen LogP contribution in [-0.2, 0) is 26.2 Å². The van der Waals surface area contributed by atoms with Crippen molar-refractivity contribution in [3.8, 4) is 0 Å². The van der Waals surface area contributed by atoms with Gasteiger partial charge in [-0.2, -0.15) is 0 Å². The monoisotopic (exact) mass is 527 g/mol. The lowest BCUT2D eigenvalue weighted by Gasteiger charge is -2.32. The minimum absolute atomic E-state index is 0.00501. The molecule has 1 N–H and O–H groups in total. The van der Waals surface area contributed by atoms with Crippen LogP contribution in [0.5, 0.6) is 0 Å². The second kappa shape index (κ2) is 12.1. The number of anilines is 1. The molecule has 7 nitrogen and oxygen atoms in total. The third-order valence-electron chi connectivity index (χ3n) is 5.72. The average molecular weight is 528 g/mol. The number of amides is 2. The maximum absolute atomic E-state index is 13.7. The molecule has 0 spiro atoms. The van der Waals surface area contributed by atoms with E-state index in [1.807, 2.05) is 31.2 Å². The zero-order chi connectivity index (χ0) is 26.3. The van der Waals surface area contributed by atoms with E-state index < -0.39 is 28.5 Å². The van der Waals surface area contributed by atoms with Gasteiger partial charge in [-0.05, 0) is 62.7 Å². The molecule has 9 heteroatoms. The van der Waals surface area contributed by atoms with Crippen LogP contribution in [0.2, 0.25) is 5.02 Å². The molecule has 3 aromatic rings. The number of aryl methyl sites for hydroxylation is 1. The summed E-state index contributed by atoms with van der Waals surface area (Å²) in [4.78, 5) is 27.8. The molecular weight excluding hydrogens is 498 g/mol. The second-order valence-electron chi connectivity index (χ2n) is 8.38. The molecule has 0 aromatic heterocycles. The van der Waals surface area contributed by atoms with E-state index in [-0.39, 0.29) is 17.3 Å². The molecule has 3 rings (SSSR count). The fourth-order valence-electron chi connectivity index (χ4n) is 3.65. The highest BCUT2D eigenvalue weighted by atomic mass is 35.5. The SMILES string of the molecule is CCNC(=O)C(C)N(Cc1ccc(C)cc1)C(=O)CN(c1ccccc1)S(=O)(=O)c1ccc(Cl)cc1. The summed E-state index contributed by atoms with van der Waals surface area (Å²) in [7, 11) is -4.11. The second-order valence-corrected chi connectivity index (χ2v) is 10.7. The molecule has 190 valence electrons. The number of sulfonamides is 1. The molecule has 3 aromatic carbocycles. The van der Waals surface area contributed by atoms with Gasteiger partial charge >= 0.3 is 0 Å². The van der Waals surface area contributed by atoms with Gasteiger partial charge in [-0.15, -0.1) is 0 Å². The Morgan fingerprint density at radius 3 is 2.14 bits per heavy atom. The summed E-state index contributed by atoms with van der Waals surface area (Å²) in [6.45, 7) is 5.48. The Labute approximate surface area is 217 Å². The van der Waals surface area contributed by atoms with Crippen molar-refractivity contribution in [2.75, 3.05) is 17.4 Å². The summed E-state index contributed by atoms with van der Waals surface area (Å²) >= 11 is 5.95. The highest BCUT2D eigenvalue weighted by molar-refractivity contribution is 7.92. The molecule has 2 amide bonds. The predicted octanol–water partition coefficient (Wildman–Crippen LogP) is 4.40. The summed E-state index contributed by atoms with van der Waals surface area (Å²) in [5.41, 5.74) is 2.23. The Morgan fingerprint density at radius 2 is 1.56 bits per heavy atom. The molecule has 0 radical (unpaired) electrons. The minimum Gasteiger partial charge on any atom is -0.355 e. The van der Waals surface area contributed by atoms with Gasteiger partial charge in [0.05, 0.1) is 10.6 Å². The molecule has 0 aliphatic carbocycles. The molecule has 1 unspecified atom stereocenters. The van der Waals surface area contributed by atoms with Crippen LogP contribution in [0.1, 0.15) is 25.0 Å². The number of halogens is 1. The van der Waals surface area contributed by atoms with Crippen molar-refractivity contribution in [2.45, 2.75) is 38.3 Å². The fourth-order valence-corrected chi connectivity index (χ4v) is 5.19. The Hall–Kier alpha value is -3.36. The van der Waals surface area contributed by atoms with Crippen molar-refractivity contribution < 1.29 is 18.0 Å². The number of para-hydroxylation sites is 1. The summed E-state index contributed by atoms with van der Waals surface area (Å²) < 4.78 is 28.3. The van der Waals surface area contributed by atoms with E-state index in [1.54, 1.807) is 44.2 Å². The van der Waals surface area contributed by atoms with Gasteiger partial charge in [0.25, 0.3) is 10.0 Å². The average Bonchev–Trinajstić information content (AvgIpc) is 2.87. The lowest BCUT2D eigenvalue weighted by atomic mass is 10.1. The number of nitrogens with one attached hydrogen (secondary N) is 1. The van der Waals surface area contributed by atoms with Gasteiger partial charge in [0.15, 0.2) is 0 Å². The van der Waals surface area contributed by atoms with Gasteiger partial charge in [0.2, 0.25) is 11.8 Å². The maximum Gasteiger partial charge on any atom is 0.264 e. The van der Waals surface area contributed by atoms with Crippen molar-refractivity contribution in [2.24, 2.45) is 0 Å². The van der Waals surface area contributed by atoms with E-state index in [0.29, 0.717) is 17.3 Å². The van der Waals surface area contributed by atoms with Gasteiger partial charge < -0.3 is 10.2 Å². The zero-order valence-electron chi connectivity index (χ0n) is 20.5. The van der Waals surface area contributed by atoms with Crippen LogP contribution < -0.4 is 9.62 Å². The zero-order valence-corrected chi connectivity index (χ0v) is 22.1. The fraction of sp³-hybridized carbons (Fsp3) is 0.259. The molecular formula is C27H30ClN3O4S. The highest BCUT2D eigenvalue weighted by Gasteiger charge is 2.32. The first-order valence-electron chi connectivity index (χ1n) is 11.6. The van der Waals surface area contributed by atoms with Crippen LogP contribution in [0.25, 0.3) is 0 Å². The summed E-state index contributed by atoms with van der Waals surface area (Å²) in [5.74, 6) is -0.819. The molecule has 36 heavy (non-hydrogen) atoms. The summed E-state index contributed by atoms with van der Waals surface area (Å²) in [6.07, 6.45) is 0. The first kappa shape index (κ1) is 27.2. The van der Waals surface area contributed by atoms with Crippen molar-refractivity contribution in [3.05, 3.63) is 95.0 Å². The van der Waals surface area contributed by atoms with E-state index in [1.165, 1.54) is 29.2 Å². The van der Waals surface area contributed by atoms with E-state index in [4.69, 9.17) is 11.6 Å². The van der Waals surface area contributed by atoms with E-state index in [0.717, 1.165) is 15.4 Å². The normalized spacial score (nSPS) is 12.0. The standard InChI is InChI=1S/C27H30ClN3O4S/c1-4-29-27(33)21(3)30(18-22-12-10-20(2)11-13-22)26(32)19-31(24-8-6-5-7-9-24)36(34,35)25-16-14-23(28)15-17-25/h5-17,21H,4,18-19H2,1-3H3,(H,29,33). The van der Waals surface area contributed by atoms with Crippen LogP contribution in [0.15, 0.2) is 83.8 Å². The minimum atomic E-state index is -4.11. The Balaban J connectivity index is 1.99. The molecule has 0 aliphatic rings. The predicted molar refractivity (Wildman–Crippen MR) is 142 cm³/mol. The molecule has 0 bridgehead atoms. The summed E-state index contributed by atoms with van der Waals surface area (Å²) in [6, 6.07) is 21.0. The third kappa shape index (κ3) is 6.65. The third-order valence-corrected chi connectivity index (χ3v) is 7.76. The Kier molecular flexibility index (Phi) is 9.12. The van der Waals surface area contributed by atoms with Crippen LogP contribution in [0.3, 0.4) is 0 Å². The van der Waals surface area contributed by atoms with Crippen LogP contribution >= 0.6 is 11.6 Å². The Morgan fingerprint density at radius 1 is 0.944 bits per heavy atom. The van der Waals surface area contributed by atoms with Gasteiger partial charge in [-0.3, -0.25) is 13.9 Å². The number of carbonyl (C=O) groups excluding carboxylic acids is 2. The first-order chi connectivity index (χ1) is 17.1. The Bertz CT molecular complexity index is 1280. The number of hydrogen-bond donors (Lipinski definition) is 1. The quantitative estimate of drug-likeness (QED) is 0.423. The first-order valence-corrected chi connectivity index (χ1v) is 13.4. The van der Waals surface area contributed by atoms with Crippen molar-refractivity contribution in [3.63, 3.8) is 0 Å². The molecule has 0 aliphatic heterocycles. The largest absolute Gasteiger partial charge is 0.355 e. The van der Waals surface area contributed by atoms with Gasteiger partial charge in [-0.1, -0.05) is 59.6 Å². The summed E-state index contributed by atoms with van der Waals surface area (Å²) in [5, 5.41) is 3.14. The van der Waals surface area contributed by atoms with Crippen LogP contribution in [-0.4, -0.2) is 44.3 Å². The highest BCUT2D eigenvalue weighted by Crippen LogP contribution is 2.25. The molecule has 0 saturated carbocycles. The lowest BCUT2D eigenvalue weighted by molar-refractivity contribution is -0.139. The number of rotatable bonds is 10. The number of benzene rings is 3. The smallest absolute Gasteiger partial charge is 0.264 e. The topological polar surface area (TPSA) is 86.8 Å². The van der Waals surface area contributed by atoms with Gasteiger partial charge in [0.1, 0.15) is 12.6 Å². The van der Waals surface area contributed by atoms with Crippen molar-refractivity contribution >= 4 is 39.1 Å². The van der Waals surface area contributed by atoms with E-state index in [9.17, 15) is 18.0 Å². The number of nitrogens with zero attached hydrogens (tertiary/aromatic N) is 2. The molecule has 0 heterocycles. The van der Waals surface area contributed by atoms with E-state index in [2.05, 4.69) is 5.32 Å². The van der Waals surface area contributed by atoms with Gasteiger partial charge in [-0.25, -0.2) is 8.42 Å². The lowest BCUT2D eigenvalue weighted by Crippen LogP contribution is -2.51. The van der Waals surface area contributed by atoms with Gasteiger partial charge in [0, 0.05) is 18.1 Å². The maximum atomic E-state index is 13.7.